The van der Waals surface area contributed by atoms with E-state index in [1.165, 1.54) is 24.1 Å². The summed E-state index contributed by atoms with van der Waals surface area (Å²) in [6.07, 6.45) is 1.07. The van der Waals surface area contributed by atoms with E-state index in [9.17, 15) is 28.1 Å². The van der Waals surface area contributed by atoms with E-state index in [2.05, 4.69) is 5.32 Å². The second-order valence-electron chi connectivity index (χ2n) is 9.76. The van der Waals surface area contributed by atoms with Crippen LogP contribution in [0.15, 0.2) is 78.9 Å². The van der Waals surface area contributed by atoms with Crippen LogP contribution in [0.1, 0.15) is 25.0 Å². The summed E-state index contributed by atoms with van der Waals surface area (Å²) < 4.78 is 32.0. The highest BCUT2D eigenvalue weighted by atomic mass is 32.2. The van der Waals surface area contributed by atoms with Gasteiger partial charge in [0.25, 0.3) is 5.69 Å². The van der Waals surface area contributed by atoms with Gasteiger partial charge in [-0.1, -0.05) is 60.7 Å². The number of nitro groups is 1. The van der Waals surface area contributed by atoms with E-state index in [0.717, 1.165) is 27.8 Å². The van der Waals surface area contributed by atoms with Crippen molar-refractivity contribution in [1.82, 2.24) is 10.2 Å². The molecule has 1 N–H and O–H groups in total. The van der Waals surface area contributed by atoms with Crippen molar-refractivity contribution in [2.75, 3.05) is 24.2 Å². The Hall–Kier alpha value is -4.45. The van der Waals surface area contributed by atoms with Crippen LogP contribution < -0.4 is 14.4 Å². The lowest BCUT2D eigenvalue weighted by atomic mass is 10.0. The number of nitro benzene ring substituents is 1. The van der Waals surface area contributed by atoms with Crippen LogP contribution in [0.5, 0.6) is 5.75 Å². The van der Waals surface area contributed by atoms with Crippen molar-refractivity contribution in [2.24, 2.45) is 0 Å². The van der Waals surface area contributed by atoms with Crippen LogP contribution in [-0.4, -0.2) is 62.0 Å². The highest BCUT2D eigenvalue weighted by molar-refractivity contribution is 7.92. The van der Waals surface area contributed by atoms with Crippen LogP contribution in [-0.2, 0) is 32.6 Å². The SMILES string of the molecule is COc1ccc([N+](=O)[O-])cc1N(CC(=O)N(Cc1ccccc1)[C@@H](Cc1ccccc1)C(=O)NC(C)C)S(C)(=O)=O. The molecular weight excluding hydrogens is 548 g/mol. The van der Waals surface area contributed by atoms with Gasteiger partial charge < -0.3 is 15.0 Å². The summed E-state index contributed by atoms with van der Waals surface area (Å²) in [5, 5.41) is 14.3. The number of carbonyl (C=O) groups is 2. The summed E-state index contributed by atoms with van der Waals surface area (Å²) in [6.45, 7) is 2.91. The van der Waals surface area contributed by atoms with Crippen molar-refractivity contribution in [3.05, 3.63) is 100 Å². The molecule has 12 heteroatoms. The molecule has 0 heterocycles. The fourth-order valence-corrected chi connectivity index (χ4v) is 5.14. The molecule has 0 aliphatic carbocycles. The van der Waals surface area contributed by atoms with E-state index in [0.29, 0.717) is 0 Å². The minimum absolute atomic E-state index is 0.0202. The molecule has 3 rings (SSSR count). The zero-order valence-electron chi connectivity index (χ0n) is 23.4. The van der Waals surface area contributed by atoms with Crippen molar-refractivity contribution in [2.45, 2.75) is 38.9 Å². The molecule has 0 bridgehead atoms. The van der Waals surface area contributed by atoms with Gasteiger partial charge in [0.1, 0.15) is 24.0 Å². The first-order chi connectivity index (χ1) is 19.4. The van der Waals surface area contributed by atoms with Crippen LogP contribution in [0, 0.1) is 10.1 Å². The van der Waals surface area contributed by atoms with E-state index < -0.39 is 39.3 Å². The highest BCUT2D eigenvalue weighted by Crippen LogP contribution is 2.34. The number of anilines is 1. The number of benzene rings is 3. The molecule has 0 aliphatic heterocycles. The van der Waals surface area contributed by atoms with Crippen LogP contribution in [0.2, 0.25) is 0 Å². The number of nitrogens with one attached hydrogen (secondary N) is 1. The predicted molar refractivity (Wildman–Crippen MR) is 156 cm³/mol. The molecule has 3 aromatic carbocycles. The molecule has 0 aromatic heterocycles. The van der Waals surface area contributed by atoms with E-state index >= 15 is 0 Å². The van der Waals surface area contributed by atoms with E-state index in [1.807, 2.05) is 36.4 Å². The third-order valence-electron chi connectivity index (χ3n) is 6.22. The molecule has 2 amide bonds. The van der Waals surface area contributed by atoms with Gasteiger partial charge in [0.15, 0.2) is 0 Å². The van der Waals surface area contributed by atoms with Gasteiger partial charge in [0, 0.05) is 31.1 Å². The molecule has 41 heavy (non-hydrogen) atoms. The number of hydrogen-bond acceptors (Lipinski definition) is 7. The first-order valence-electron chi connectivity index (χ1n) is 12.9. The molecule has 11 nitrogen and oxygen atoms in total. The van der Waals surface area contributed by atoms with Gasteiger partial charge in [-0.05, 0) is 31.0 Å². The maximum absolute atomic E-state index is 14.1. The van der Waals surface area contributed by atoms with Crippen LogP contribution >= 0.6 is 0 Å². The van der Waals surface area contributed by atoms with E-state index in [-0.39, 0.29) is 36.1 Å². The predicted octanol–water partition coefficient (Wildman–Crippen LogP) is 3.53. The number of rotatable bonds is 13. The molecule has 0 saturated carbocycles. The summed E-state index contributed by atoms with van der Waals surface area (Å²) in [6, 6.07) is 20.5. The lowest BCUT2D eigenvalue weighted by molar-refractivity contribution is -0.384. The molecule has 218 valence electrons. The minimum Gasteiger partial charge on any atom is -0.495 e. The largest absolute Gasteiger partial charge is 0.495 e. The fraction of sp³-hybridized carbons (Fsp3) is 0.310. The average Bonchev–Trinajstić information content (AvgIpc) is 2.93. The zero-order chi connectivity index (χ0) is 30.2. The Labute approximate surface area is 239 Å². The number of hydrogen-bond donors (Lipinski definition) is 1. The summed E-state index contributed by atoms with van der Waals surface area (Å²) in [7, 11) is -2.84. The number of amides is 2. The molecule has 0 aliphatic rings. The number of methoxy groups -OCH3 is 1. The molecule has 0 fully saturated rings. The Morgan fingerprint density at radius 3 is 2.07 bits per heavy atom. The molecule has 0 radical (unpaired) electrons. The Morgan fingerprint density at radius 2 is 1.56 bits per heavy atom. The maximum atomic E-state index is 14.1. The molecule has 1 atom stereocenters. The van der Waals surface area contributed by atoms with Gasteiger partial charge in [0.05, 0.1) is 18.3 Å². The molecule has 0 spiro atoms. The van der Waals surface area contributed by atoms with Crippen LogP contribution in [0.25, 0.3) is 0 Å². The topological polar surface area (TPSA) is 139 Å². The Bertz CT molecular complexity index is 1460. The van der Waals surface area contributed by atoms with Crippen molar-refractivity contribution >= 4 is 33.2 Å². The third kappa shape index (κ3) is 8.52. The van der Waals surface area contributed by atoms with Gasteiger partial charge in [-0.25, -0.2) is 8.42 Å². The molecular formula is C29H34N4O7S. The third-order valence-corrected chi connectivity index (χ3v) is 7.35. The van der Waals surface area contributed by atoms with Crippen molar-refractivity contribution in [3.63, 3.8) is 0 Å². The van der Waals surface area contributed by atoms with Gasteiger partial charge in [-0.2, -0.15) is 0 Å². The monoisotopic (exact) mass is 582 g/mol. The summed E-state index contributed by atoms with van der Waals surface area (Å²) in [4.78, 5) is 39.8. The van der Waals surface area contributed by atoms with Gasteiger partial charge >= 0.3 is 0 Å². The number of nitrogens with zero attached hydrogens (tertiary/aromatic N) is 3. The Balaban J connectivity index is 2.11. The Morgan fingerprint density at radius 1 is 0.976 bits per heavy atom. The number of ether oxygens (including phenoxy) is 1. The van der Waals surface area contributed by atoms with E-state index in [1.54, 1.807) is 38.1 Å². The second-order valence-corrected chi connectivity index (χ2v) is 11.7. The number of sulfonamides is 1. The average molecular weight is 583 g/mol. The lowest BCUT2D eigenvalue weighted by Gasteiger charge is -2.34. The normalized spacial score (nSPS) is 11.9. The number of carbonyl (C=O) groups excluding carboxylic acids is 2. The van der Waals surface area contributed by atoms with Crippen LogP contribution in [0.3, 0.4) is 0 Å². The smallest absolute Gasteiger partial charge is 0.271 e. The van der Waals surface area contributed by atoms with Crippen molar-refractivity contribution < 1.29 is 27.7 Å². The standard InChI is InChI=1S/C29H34N4O7S/c1-21(2)30-29(35)26(17-22-11-7-5-8-12-22)31(19-23-13-9-6-10-14-23)28(34)20-32(41(4,38)39)25-18-24(33(36)37)15-16-27(25)40-3/h5-16,18,21,26H,17,19-20H2,1-4H3,(H,30,35)/t26-/m0/s1. The van der Waals surface area contributed by atoms with E-state index in [4.69, 9.17) is 4.74 Å². The summed E-state index contributed by atoms with van der Waals surface area (Å²) in [5.41, 5.74) is 1.00. The first kappa shape index (κ1) is 31.1. The van der Waals surface area contributed by atoms with Crippen molar-refractivity contribution in [3.8, 4) is 5.75 Å². The lowest BCUT2D eigenvalue weighted by Crippen LogP contribution is -2.54. The Kier molecular flexibility index (Phi) is 10.4. The first-order valence-corrected chi connectivity index (χ1v) is 14.7. The fourth-order valence-electron chi connectivity index (χ4n) is 4.30. The van der Waals surface area contributed by atoms with Crippen LogP contribution in [0.4, 0.5) is 11.4 Å². The highest BCUT2D eigenvalue weighted by Gasteiger charge is 2.34. The minimum atomic E-state index is -4.14. The molecule has 0 unspecified atom stereocenters. The molecule has 3 aromatic rings. The summed E-state index contributed by atoms with van der Waals surface area (Å²) in [5.74, 6) is -1.04. The maximum Gasteiger partial charge on any atom is 0.271 e. The second kappa shape index (κ2) is 13.8. The zero-order valence-corrected chi connectivity index (χ0v) is 24.2. The van der Waals surface area contributed by atoms with Crippen molar-refractivity contribution in [1.29, 1.82) is 0 Å². The number of non-ortho nitro benzene ring substituents is 1. The van der Waals surface area contributed by atoms with Gasteiger partial charge in [0.2, 0.25) is 21.8 Å². The summed E-state index contributed by atoms with van der Waals surface area (Å²) >= 11 is 0. The quantitative estimate of drug-likeness (QED) is 0.240. The molecule has 0 saturated heterocycles. The van der Waals surface area contributed by atoms with Gasteiger partial charge in [-0.15, -0.1) is 0 Å². The van der Waals surface area contributed by atoms with Gasteiger partial charge in [-0.3, -0.25) is 24.0 Å².